The van der Waals surface area contributed by atoms with Gasteiger partial charge in [-0.2, -0.15) is 0 Å². The number of benzene rings is 1. The van der Waals surface area contributed by atoms with Crippen molar-refractivity contribution in [3.8, 4) is 11.5 Å². The third-order valence-corrected chi connectivity index (χ3v) is 2.34. The summed E-state index contributed by atoms with van der Waals surface area (Å²) >= 11 is 0. The van der Waals surface area contributed by atoms with Gasteiger partial charge in [0.25, 0.3) is 0 Å². The van der Waals surface area contributed by atoms with Gasteiger partial charge in [0.2, 0.25) is 0 Å². The van der Waals surface area contributed by atoms with Crippen LogP contribution in [0.1, 0.15) is 18.5 Å². The molecule has 1 aromatic carbocycles. The Balaban J connectivity index is 2.97. The molecule has 1 unspecified atom stereocenters. The Morgan fingerprint density at radius 3 is 2.19 bits per heavy atom. The molecule has 0 saturated heterocycles. The molecule has 0 fully saturated rings. The third kappa shape index (κ3) is 2.87. The molecule has 0 heterocycles. The molecule has 0 aliphatic carbocycles. The second-order valence-corrected chi connectivity index (χ2v) is 3.34. The minimum Gasteiger partial charge on any atom is -0.496 e. The molecule has 0 aliphatic heterocycles. The molecule has 0 radical (unpaired) electrons. The Morgan fingerprint density at radius 2 is 1.75 bits per heavy atom. The summed E-state index contributed by atoms with van der Waals surface area (Å²) in [6.07, 6.45) is 0. The van der Waals surface area contributed by atoms with Crippen LogP contribution in [0.2, 0.25) is 0 Å². The first-order chi connectivity index (χ1) is 7.74. The van der Waals surface area contributed by atoms with Crippen LogP contribution < -0.4 is 15.2 Å². The molecule has 16 heavy (non-hydrogen) atoms. The monoisotopic (exact) mass is 225 g/mol. The summed E-state index contributed by atoms with van der Waals surface area (Å²) in [5.41, 5.74) is 6.90. The van der Waals surface area contributed by atoms with Gasteiger partial charge >= 0.3 is 0 Å². The van der Waals surface area contributed by atoms with Gasteiger partial charge in [0.05, 0.1) is 32.4 Å². The van der Waals surface area contributed by atoms with Crippen LogP contribution in [0.15, 0.2) is 18.2 Å². The molecule has 0 spiro atoms. The van der Waals surface area contributed by atoms with E-state index < -0.39 is 0 Å². The lowest BCUT2D eigenvalue weighted by atomic mass is 10.1. The van der Waals surface area contributed by atoms with Gasteiger partial charge in [-0.15, -0.1) is 0 Å². The summed E-state index contributed by atoms with van der Waals surface area (Å²) in [7, 11) is 3.23. The van der Waals surface area contributed by atoms with E-state index in [4.69, 9.17) is 19.9 Å². The van der Waals surface area contributed by atoms with Gasteiger partial charge in [-0.3, -0.25) is 0 Å². The van der Waals surface area contributed by atoms with Crippen molar-refractivity contribution in [1.29, 1.82) is 0 Å². The molecule has 1 atom stereocenters. The maximum absolute atomic E-state index is 6.05. The molecule has 1 rings (SSSR count). The van der Waals surface area contributed by atoms with Crippen molar-refractivity contribution in [3.05, 3.63) is 23.8 Å². The number of rotatable bonds is 6. The van der Waals surface area contributed by atoms with E-state index in [1.54, 1.807) is 14.2 Å². The van der Waals surface area contributed by atoms with Crippen molar-refractivity contribution in [2.24, 2.45) is 5.73 Å². The van der Waals surface area contributed by atoms with Crippen molar-refractivity contribution in [3.63, 3.8) is 0 Å². The van der Waals surface area contributed by atoms with E-state index in [0.717, 1.165) is 17.1 Å². The fourth-order valence-electron chi connectivity index (χ4n) is 1.57. The summed E-state index contributed by atoms with van der Waals surface area (Å²) in [6, 6.07) is 5.35. The van der Waals surface area contributed by atoms with Crippen molar-refractivity contribution in [2.45, 2.75) is 13.0 Å². The molecule has 4 heteroatoms. The Hall–Kier alpha value is -1.26. The van der Waals surface area contributed by atoms with Crippen molar-refractivity contribution >= 4 is 0 Å². The highest BCUT2D eigenvalue weighted by atomic mass is 16.5. The molecule has 2 N–H and O–H groups in total. The zero-order chi connectivity index (χ0) is 12.0. The molecular weight excluding hydrogens is 206 g/mol. The fourth-order valence-corrected chi connectivity index (χ4v) is 1.57. The third-order valence-electron chi connectivity index (χ3n) is 2.34. The molecular formula is C12H19NO3. The number of hydrogen-bond donors (Lipinski definition) is 1. The van der Waals surface area contributed by atoms with Crippen LogP contribution in [0, 0.1) is 0 Å². The molecule has 0 amide bonds. The Labute approximate surface area is 96.3 Å². The predicted molar refractivity (Wildman–Crippen MR) is 63.0 cm³/mol. The smallest absolute Gasteiger partial charge is 0.127 e. The van der Waals surface area contributed by atoms with Crippen LogP contribution in [0.4, 0.5) is 0 Å². The van der Waals surface area contributed by atoms with E-state index in [1.807, 2.05) is 25.1 Å². The van der Waals surface area contributed by atoms with Gasteiger partial charge in [0.1, 0.15) is 11.5 Å². The minimum absolute atomic E-state index is 0.244. The molecule has 90 valence electrons. The summed E-state index contributed by atoms with van der Waals surface area (Å²) in [4.78, 5) is 0. The molecule has 4 nitrogen and oxygen atoms in total. The van der Waals surface area contributed by atoms with E-state index in [1.165, 1.54) is 0 Å². The summed E-state index contributed by atoms with van der Waals surface area (Å²) in [5, 5.41) is 0. The second-order valence-electron chi connectivity index (χ2n) is 3.34. The van der Waals surface area contributed by atoms with Gasteiger partial charge in [-0.1, -0.05) is 6.07 Å². The van der Waals surface area contributed by atoms with Crippen LogP contribution in [0.25, 0.3) is 0 Å². The number of nitrogens with two attached hydrogens (primary N) is 1. The molecule has 0 aromatic heterocycles. The summed E-state index contributed by atoms with van der Waals surface area (Å²) in [5.74, 6) is 1.46. The van der Waals surface area contributed by atoms with Gasteiger partial charge < -0.3 is 19.9 Å². The highest BCUT2D eigenvalue weighted by molar-refractivity contribution is 5.46. The Kier molecular flexibility index (Phi) is 5.08. The van der Waals surface area contributed by atoms with Crippen LogP contribution in [-0.2, 0) is 4.74 Å². The van der Waals surface area contributed by atoms with Crippen molar-refractivity contribution < 1.29 is 14.2 Å². The number of methoxy groups -OCH3 is 2. The van der Waals surface area contributed by atoms with E-state index in [0.29, 0.717) is 13.2 Å². The molecule has 1 aromatic rings. The zero-order valence-electron chi connectivity index (χ0n) is 10.0. The maximum Gasteiger partial charge on any atom is 0.127 e. The lowest BCUT2D eigenvalue weighted by molar-refractivity contribution is 0.132. The van der Waals surface area contributed by atoms with Crippen LogP contribution in [0.5, 0.6) is 11.5 Å². The first-order valence-electron chi connectivity index (χ1n) is 5.28. The average Bonchev–Trinajstić information content (AvgIpc) is 2.34. The summed E-state index contributed by atoms with van der Waals surface area (Å²) in [6.45, 7) is 3.03. The predicted octanol–water partition coefficient (Wildman–Crippen LogP) is 1.74. The lowest BCUT2D eigenvalue weighted by Crippen LogP contribution is -2.18. The number of ether oxygens (including phenoxy) is 3. The van der Waals surface area contributed by atoms with Gasteiger partial charge in [-0.05, 0) is 19.1 Å². The highest BCUT2D eigenvalue weighted by Crippen LogP contribution is 2.32. The maximum atomic E-state index is 6.05. The van der Waals surface area contributed by atoms with E-state index in [9.17, 15) is 0 Å². The number of hydrogen-bond acceptors (Lipinski definition) is 4. The first-order valence-corrected chi connectivity index (χ1v) is 5.28. The van der Waals surface area contributed by atoms with E-state index in [-0.39, 0.29) is 6.04 Å². The Morgan fingerprint density at radius 1 is 1.19 bits per heavy atom. The highest BCUT2D eigenvalue weighted by Gasteiger charge is 2.17. The van der Waals surface area contributed by atoms with Crippen LogP contribution in [0.3, 0.4) is 0 Å². The van der Waals surface area contributed by atoms with Crippen molar-refractivity contribution in [1.82, 2.24) is 0 Å². The molecule has 0 saturated carbocycles. The van der Waals surface area contributed by atoms with Crippen molar-refractivity contribution in [2.75, 3.05) is 27.4 Å². The minimum atomic E-state index is -0.244. The molecule has 0 aliphatic rings. The lowest BCUT2D eigenvalue weighted by Gasteiger charge is -2.18. The normalized spacial score (nSPS) is 12.2. The Bertz CT molecular complexity index is 306. The van der Waals surface area contributed by atoms with Crippen LogP contribution in [-0.4, -0.2) is 27.4 Å². The quantitative estimate of drug-likeness (QED) is 0.801. The van der Waals surface area contributed by atoms with E-state index >= 15 is 0 Å². The van der Waals surface area contributed by atoms with Gasteiger partial charge in [0.15, 0.2) is 0 Å². The topological polar surface area (TPSA) is 53.7 Å². The fraction of sp³-hybridized carbons (Fsp3) is 0.500. The van der Waals surface area contributed by atoms with Gasteiger partial charge in [0, 0.05) is 6.61 Å². The first kappa shape index (κ1) is 12.8. The standard InChI is InChI=1S/C12H19NO3/c1-4-16-8-9(13)12-10(14-2)6-5-7-11(12)15-3/h5-7,9H,4,8,13H2,1-3H3. The average molecular weight is 225 g/mol. The second kappa shape index (κ2) is 6.35. The SMILES string of the molecule is CCOCC(N)c1c(OC)cccc1OC. The van der Waals surface area contributed by atoms with Gasteiger partial charge in [-0.25, -0.2) is 0 Å². The van der Waals surface area contributed by atoms with Crippen LogP contribution >= 0.6 is 0 Å². The largest absolute Gasteiger partial charge is 0.496 e. The zero-order valence-corrected chi connectivity index (χ0v) is 10.0. The summed E-state index contributed by atoms with van der Waals surface area (Å²) < 4.78 is 15.9. The van der Waals surface area contributed by atoms with E-state index in [2.05, 4.69) is 0 Å². The molecule has 0 bridgehead atoms.